The lowest BCUT2D eigenvalue weighted by Gasteiger charge is -2.34. The Morgan fingerprint density at radius 1 is 0.852 bits per heavy atom. The van der Waals surface area contributed by atoms with Crippen LogP contribution in [-0.2, 0) is 6.54 Å². The Labute approximate surface area is 161 Å². The van der Waals surface area contributed by atoms with E-state index in [9.17, 15) is 0 Å². The van der Waals surface area contributed by atoms with Crippen LogP contribution < -0.4 is 21.1 Å². The summed E-state index contributed by atoms with van der Waals surface area (Å²) in [4.78, 5) is 5.20. The second-order valence-electron chi connectivity index (χ2n) is 7.93. The van der Waals surface area contributed by atoms with E-state index in [0.717, 1.165) is 32.7 Å². The highest BCUT2D eigenvalue weighted by Gasteiger charge is 2.41. The van der Waals surface area contributed by atoms with Crippen molar-refractivity contribution in [1.82, 2.24) is 21.1 Å². The Morgan fingerprint density at radius 3 is 2.48 bits per heavy atom. The van der Waals surface area contributed by atoms with Gasteiger partial charge in [-0.3, -0.25) is 4.90 Å². The molecular formula is C22H29N5. The molecule has 2 aromatic rings. The molecule has 0 saturated carbocycles. The van der Waals surface area contributed by atoms with Gasteiger partial charge in [-0.15, -0.1) is 0 Å². The lowest BCUT2D eigenvalue weighted by Crippen LogP contribution is -2.48. The molecule has 3 aliphatic rings. The standard InChI is InChI=1S/C22H29N5/c1-2-6-17(7-3-1)16-26-14-15-27-21(18-10-12-23-13-11-18)24-25-22(27)19-8-4-5-9-20(19)26/h1-9,18,21-25H,10-16H2. The van der Waals surface area contributed by atoms with Gasteiger partial charge in [0.1, 0.15) is 6.17 Å². The minimum Gasteiger partial charge on any atom is -0.366 e. The van der Waals surface area contributed by atoms with E-state index >= 15 is 0 Å². The van der Waals surface area contributed by atoms with Crippen LogP contribution in [0.1, 0.15) is 30.1 Å². The summed E-state index contributed by atoms with van der Waals surface area (Å²) in [6.07, 6.45) is 3.17. The molecule has 0 aromatic heterocycles. The maximum atomic E-state index is 3.63. The van der Waals surface area contributed by atoms with Gasteiger partial charge in [-0.05, 0) is 43.5 Å². The zero-order chi connectivity index (χ0) is 18.1. The van der Waals surface area contributed by atoms with Crippen molar-refractivity contribution in [3.8, 4) is 0 Å². The second kappa shape index (κ2) is 7.60. The zero-order valence-corrected chi connectivity index (χ0v) is 15.8. The number of hydrazine groups is 1. The van der Waals surface area contributed by atoms with Crippen molar-refractivity contribution < 1.29 is 0 Å². The van der Waals surface area contributed by atoms with E-state index in [1.807, 2.05) is 0 Å². The highest BCUT2D eigenvalue weighted by atomic mass is 15.6. The van der Waals surface area contributed by atoms with E-state index in [1.54, 1.807) is 0 Å². The van der Waals surface area contributed by atoms with E-state index < -0.39 is 0 Å². The Balaban J connectivity index is 1.43. The van der Waals surface area contributed by atoms with Crippen LogP contribution in [-0.4, -0.2) is 37.2 Å². The van der Waals surface area contributed by atoms with Gasteiger partial charge in [0.2, 0.25) is 0 Å². The van der Waals surface area contributed by atoms with E-state index in [2.05, 4.69) is 80.6 Å². The van der Waals surface area contributed by atoms with Crippen molar-refractivity contribution in [2.45, 2.75) is 31.7 Å². The lowest BCUT2D eigenvalue weighted by molar-refractivity contribution is 0.123. The Hall–Kier alpha value is -1.92. The number of nitrogens with zero attached hydrogens (tertiary/aromatic N) is 2. The molecule has 3 aliphatic heterocycles. The first-order chi connectivity index (χ1) is 13.4. The molecule has 2 atom stereocenters. The van der Waals surface area contributed by atoms with Crippen LogP contribution in [0.3, 0.4) is 0 Å². The highest BCUT2D eigenvalue weighted by molar-refractivity contribution is 5.56. The highest BCUT2D eigenvalue weighted by Crippen LogP contribution is 2.37. The zero-order valence-electron chi connectivity index (χ0n) is 15.8. The summed E-state index contributed by atoms with van der Waals surface area (Å²) in [6.45, 7) is 5.36. The van der Waals surface area contributed by atoms with Gasteiger partial charge in [-0.2, -0.15) is 0 Å². The van der Waals surface area contributed by atoms with Gasteiger partial charge in [0.25, 0.3) is 0 Å². The van der Waals surface area contributed by atoms with Gasteiger partial charge in [0.05, 0.1) is 6.17 Å². The summed E-state index contributed by atoms with van der Waals surface area (Å²) in [5.74, 6) is 0.705. The number of fused-ring (bicyclic) bond motifs is 3. The van der Waals surface area contributed by atoms with Crippen LogP contribution in [0, 0.1) is 5.92 Å². The topological polar surface area (TPSA) is 42.6 Å². The maximum Gasteiger partial charge on any atom is 0.102 e. The van der Waals surface area contributed by atoms with Gasteiger partial charge in [-0.1, -0.05) is 48.5 Å². The van der Waals surface area contributed by atoms with Crippen LogP contribution in [0.4, 0.5) is 5.69 Å². The predicted molar refractivity (Wildman–Crippen MR) is 109 cm³/mol. The van der Waals surface area contributed by atoms with Crippen LogP contribution >= 0.6 is 0 Å². The number of anilines is 1. The summed E-state index contributed by atoms with van der Waals surface area (Å²) in [5.41, 5.74) is 11.4. The van der Waals surface area contributed by atoms with Crippen molar-refractivity contribution >= 4 is 5.69 Å². The van der Waals surface area contributed by atoms with Gasteiger partial charge in [0.15, 0.2) is 0 Å². The molecular weight excluding hydrogens is 334 g/mol. The molecule has 0 radical (unpaired) electrons. The minimum absolute atomic E-state index is 0.252. The smallest absolute Gasteiger partial charge is 0.102 e. The first-order valence-corrected chi connectivity index (χ1v) is 10.3. The molecule has 0 aliphatic carbocycles. The van der Waals surface area contributed by atoms with Crippen molar-refractivity contribution in [3.05, 3.63) is 65.7 Å². The molecule has 27 heavy (non-hydrogen) atoms. The first-order valence-electron chi connectivity index (χ1n) is 10.3. The third kappa shape index (κ3) is 3.36. The lowest BCUT2D eigenvalue weighted by atomic mass is 9.94. The van der Waals surface area contributed by atoms with Crippen molar-refractivity contribution in [3.63, 3.8) is 0 Å². The third-order valence-corrected chi connectivity index (χ3v) is 6.30. The van der Waals surface area contributed by atoms with Crippen molar-refractivity contribution in [1.29, 1.82) is 0 Å². The second-order valence-corrected chi connectivity index (χ2v) is 7.93. The van der Waals surface area contributed by atoms with Crippen molar-refractivity contribution in [2.75, 3.05) is 31.1 Å². The maximum absolute atomic E-state index is 3.63. The number of hydrogen-bond acceptors (Lipinski definition) is 5. The van der Waals surface area contributed by atoms with E-state index in [0.29, 0.717) is 12.1 Å². The van der Waals surface area contributed by atoms with E-state index in [4.69, 9.17) is 0 Å². The normalized spacial score (nSPS) is 26.4. The molecule has 2 unspecified atom stereocenters. The van der Waals surface area contributed by atoms with E-state index in [1.165, 1.54) is 29.7 Å². The van der Waals surface area contributed by atoms with E-state index in [-0.39, 0.29) is 6.17 Å². The monoisotopic (exact) mass is 363 g/mol. The molecule has 2 aromatic carbocycles. The number of para-hydroxylation sites is 1. The average Bonchev–Trinajstić information content (AvgIpc) is 3.10. The molecule has 3 N–H and O–H groups in total. The number of nitrogens with one attached hydrogen (secondary N) is 3. The molecule has 142 valence electrons. The van der Waals surface area contributed by atoms with Crippen LogP contribution in [0.2, 0.25) is 0 Å². The summed E-state index contributed by atoms with van der Waals surface area (Å²) in [7, 11) is 0. The Bertz CT molecular complexity index is 758. The average molecular weight is 364 g/mol. The predicted octanol–water partition coefficient (Wildman–Crippen LogP) is 2.44. The fourth-order valence-electron chi connectivity index (χ4n) is 4.90. The fourth-order valence-corrected chi connectivity index (χ4v) is 4.90. The SMILES string of the molecule is c1ccc(CN2CCN3C(NNC3C3CCNCC3)c3ccccc32)cc1. The molecule has 0 amide bonds. The minimum atomic E-state index is 0.252. The molecule has 2 saturated heterocycles. The molecule has 5 rings (SSSR count). The molecule has 5 heteroatoms. The number of rotatable bonds is 3. The van der Waals surface area contributed by atoms with Gasteiger partial charge < -0.3 is 10.2 Å². The number of hydrogen-bond donors (Lipinski definition) is 3. The molecule has 3 heterocycles. The molecule has 2 fully saturated rings. The third-order valence-electron chi connectivity index (χ3n) is 6.30. The summed E-state index contributed by atoms with van der Waals surface area (Å²) in [6, 6.07) is 19.7. The summed E-state index contributed by atoms with van der Waals surface area (Å²) >= 11 is 0. The fraction of sp³-hybridized carbons (Fsp3) is 0.455. The largest absolute Gasteiger partial charge is 0.366 e. The van der Waals surface area contributed by atoms with Crippen LogP contribution in [0.5, 0.6) is 0 Å². The summed E-state index contributed by atoms with van der Waals surface area (Å²) < 4.78 is 0. The molecule has 0 bridgehead atoms. The number of piperidine rings is 1. The summed E-state index contributed by atoms with van der Waals surface area (Å²) in [5, 5.41) is 3.50. The van der Waals surface area contributed by atoms with Crippen LogP contribution in [0.15, 0.2) is 54.6 Å². The molecule has 5 nitrogen and oxygen atoms in total. The Kier molecular flexibility index (Phi) is 4.84. The van der Waals surface area contributed by atoms with Gasteiger partial charge in [-0.25, -0.2) is 10.9 Å². The van der Waals surface area contributed by atoms with Crippen molar-refractivity contribution in [2.24, 2.45) is 5.92 Å². The number of benzene rings is 2. The Morgan fingerprint density at radius 2 is 1.63 bits per heavy atom. The first kappa shape index (κ1) is 17.2. The van der Waals surface area contributed by atoms with Gasteiger partial charge in [0, 0.05) is 30.9 Å². The van der Waals surface area contributed by atoms with Crippen LogP contribution in [0.25, 0.3) is 0 Å². The van der Waals surface area contributed by atoms with Gasteiger partial charge >= 0.3 is 0 Å². The molecule has 0 spiro atoms. The quantitative estimate of drug-likeness (QED) is 0.782.